The zero-order chi connectivity index (χ0) is 21.3. The summed E-state index contributed by atoms with van der Waals surface area (Å²) in [5, 5.41) is 2.93. The maximum Gasteiger partial charge on any atom is 0.248 e. The number of amides is 1. The van der Waals surface area contributed by atoms with E-state index < -0.39 is 0 Å². The molecule has 30 heavy (non-hydrogen) atoms. The smallest absolute Gasteiger partial charge is 0.248 e. The lowest BCUT2D eigenvalue weighted by atomic mass is 10.1. The van der Waals surface area contributed by atoms with Crippen LogP contribution in [0.15, 0.2) is 77.3 Å². The summed E-state index contributed by atoms with van der Waals surface area (Å²) in [6.07, 6.45) is 4.12. The van der Waals surface area contributed by atoms with E-state index in [2.05, 4.69) is 28.2 Å². The van der Waals surface area contributed by atoms with E-state index in [0.29, 0.717) is 18.1 Å². The molecule has 1 N–H and O–H groups in total. The van der Waals surface area contributed by atoms with Gasteiger partial charge in [0.2, 0.25) is 5.91 Å². The van der Waals surface area contributed by atoms with Gasteiger partial charge in [0.05, 0.1) is 11.6 Å². The second-order valence-corrected chi connectivity index (χ2v) is 7.50. The van der Waals surface area contributed by atoms with Gasteiger partial charge in [0.25, 0.3) is 0 Å². The van der Waals surface area contributed by atoms with Crippen LogP contribution in [0, 0.1) is 0 Å². The molecule has 0 aliphatic heterocycles. The molecule has 0 saturated heterocycles. The third kappa shape index (κ3) is 5.74. The van der Waals surface area contributed by atoms with Gasteiger partial charge in [-0.25, -0.2) is 0 Å². The molecule has 3 aromatic carbocycles. The second-order valence-electron chi connectivity index (χ2n) is 6.64. The third-order valence-corrected chi connectivity index (χ3v) is 5.15. The Morgan fingerprint density at radius 1 is 1.07 bits per heavy atom. The second kappa shape index (κ2) is 10.6. The number of hydrogen-bond donors (Lipinski definition) is 1. The number of nitrogens with one attached hydrogen (secondary N) is 1. The molecule has 4 nitrogen and oxygen atoms in total. The highest BCUT2D eigenvalue weighted by atomic mass is 79.9. The number of anilines is 1. The average Bonchev–Trinajstić information content (AvgIpc) is 2.77. The monoisotopic (exact) mass is 465 g/mol. The molecular formula is C25H24BrNO3. The number of rotatable bonds is 8. The maximum atomic E-state index is 12.4. The third-order valence-electron chi connectivity index (χ3n) is 4.56. The van der Waals surface area contributed by atoms with Crippen LogP contribution in [-0.4, -0.2) is 13.0 Å². The lowest BCUT2D eigenvalue weighted by Gasteiger charge is -2.13. The van der Waals surface area contributed by atoms with Crippen LogP contribution in [-0.2, 0) is 17.8 Å². The van der Waals surface area contributed by atoms with Crippen LogP contribution in [0.5, 0.6) is 11.5 Å². The molecule has 0 unspecified atom stereocenters. The minimum atomic E-state index is -0.185. The van der Waals surface area contributed by atoms with Crippen molar-refractivity contribution < 1.29 is 14.3 Å². The summed E-state index contributed by atoms with van der Waals surface area (Å²) in [7, 11) is 1.60. The van der Waals surface area contributed by atoms with Crippen LogP contribution in [0.2, 0.25) is 0 Å². The fourth-order valence-corrected chi connectivity index (χ4v) is 3.58. The standard InChI is InChI=1S/C25H24BrNO3/c1-3-20-11-7-8-12-22(20)27-24(28)14-13-19-15-21(26)25(23(16-19)29-2)30-17-18-9-5-4-6-10-18/h4-16H,3,17H2,1-2H3,(H,27,28). The highest BCUT2D eigenvalue weighted by Crippen LogP contribution is 2.37. The first-order valence-electron chi connectivity index (χ1n) is 9.72. The van der Waals surface area contributed by atoms with Gasteiger partial charge in [-0.2, -0.15) is 0 Å². The molecule has 0 spiro atoms. The molecule has 3 aromatic rings. The SMILES string of the molecule is CCc1ccccc1NC(=O)C=Cc1cc(Br)c(OCc2ccccc2)c(OC)c1. The largest absolute Gasteiger partial charge is 0.493 e. The molecule has 0 radical (unpaired) electrons. The maximum absolute atomic E-state index is 12.4. The van der Waals surface area contributed by atoms with Gasteiger partial charge in [-0.3, -0.25) is 4.79 Å². The lowest BCUT2D eigenvalue weighted by molar-refractivity contribution is -0.111. The fraction of sp³-hybridized carbons (Fsp3) is 0.160. The van der Waals surface area contributed by atoms with E-state index in [1.54, 1.807) is 13.2 Å². The normalized spacial score (nSPS) is 10.8. The average molecular weight is 466 g/mol. The Bertz CT molecular complexity index is 1030. The molecule has 0 heterocycles. The zero-order valence-electron chi connectivity index (χ0n) is 17.0. The van der Waals surface area contributed by atoms with E-state index in [9.17, 15) is 4.79 Å². The Morgan fingerprint density at radius 2 is 1.80 bits per heavy atom. The van der Waals surface area contributed by atoms with E-state index in [1.807, 2.05) is 66.7 Å². The number of aryl methyl sites for hydroxylation is 1. The topological polar surface area (TPSA) is 47.6 Å². The summed E-state index contributed by atoms with van der Waals surface area (Å²) >= 11 is 3.55. The van der Waals surface area contributed by atoms with Gasteiger partial charge in [-0.05, 0) is 63.3 Å². The highest BCUT2D eigenvalue weighted by molar-refractivity contribution is 9.10. The summed E-state index contributed by atoms with van der Waals surface area (Å²) < 4.78 is 12.2. The Hall–Kier alpha value is -3.05. The molecule has 0 saturated carbocycles. The minimum absolute atomic E-state index is 0.185. The lowest BCUT2D eigenvalue weighted by Crippen LogP contribution is -2.09. The van der Waals surface area contributed by atoms with Crippen molar-refractivity contribution in [2.24, 2.45) is 0 Å². The molecular weight excluding hydrogens is 442 g/mol. The van der Waals surface area contributed by atoms with Crippen molar-refractivity contribution >= 4 is 33.6 Å². The molecule has 0 aromatic heterocycles. The number of para-hydroxylation sites is 1. The number of carbonyl (C=O) groups is 1. The Labute approximate surface area is 185 Å². The molecule has 1 amide bonds. The van der Waals surface area contributed by atoms with Crippen molar-refractivity contribution in [2.45, 2.75) is 20.0 Å². The van der Waals surface area contributed by atoms with Crippen molar-refractivity contribution in [3.63, 3.8) is 0 Å². The number of hydrogen-bond acceptors (Lipinski definition) is 3. The van der Waals surface area contributed by atoms with Gasteiger partial charge in [-0.1, -0.05) is 55.5 Å². The van der Waals surface area contributed by atoms with Crippen LogP contribution >= 0.6 is 15.9 Å². The molecule has 3 rings (SSSR count). The number of ether oxygens (including phenoxy) is 2. The van der Waals surface area contributed by atoms with Crippen molar-refractivity contribution in [1.29, 1.82) is 0 Å². The molecule has 0 atom stereocenters. The van der Waals surface area contributed by atoms with Crippen molar-refractivity contribution in [2.75, 3.05) is 12.4 Å². The zero-order valence-corrected chi connectivity index (χ0v) is 18.6. The molecule has 5 heteroatoms. The predicted octanol–water partition coefficient (Wildman–Crippen LogP) is 6.25. The summed E-state index contributed by atoms with van der Waals surface area (Å²) in [5.74, 6) is 1.03. The van der Waals surface area contributed by atoms with Crippen LogP contribution in [0.4, 0.5) is 5.69 Å². The first kappa shape index (κ1) is 21.7. The number of carbonyl (C=O) groups excluding carboxylic acids is 1. The first-order valence-corrected chi connectivity index (χ1v) is 10.5. The Balaban J connectivity index is 1.71. The summed E-state index contributed by atoms with van der Waals surface area (Å²) in [6.45, 7) is 2.50. The number of benzene rings is 3. The highest BCUT2D eigenvalue weighted by Gasteiger charge is 2.11. The molecule has 0 bridgehead atoms. The Kier molecular flexibility index (Phi) is 7.69. The summed E-state index contributed by atoms with van der Waals surface area (Å²) in [4.78, 5) is 12.4. The minimum Gasteiger partial charge on any atom is -0.493 e. The van der Waals surface area contributed by atoms with Crippen LogP contribution in [0.25, 0.3) is 6.08 Å². The summed E-state index contributed by atoms with van der Waals surface area (Å²) in [6, 6.07) is 21.5. The predicted molar refractivity (Wildman–Crippen MR) is 125 cm³/mol. The van der Waals surface area contributed by atoms with Gasteiger partial charge in [0, 0.05) is 11.8 Å². The Morgan fingerprint density at radius 3 is 2.53 bits per heavy atom. The quantitative estimate of drug-likeness (QED) is 0.399. The van der Waals surface area contributed by atoms with E-state index >= 15 is 0 Å². The van der Waals surface area contributed by atoms with Gasteiger partial charge >= 0.3 is 0 Å². The van der Waals surface area contributed by atoms with Crippen molar-refractivity contribution in [3.8, 4) is 11.5 Å². The number of methoxy groups -OCH3 is 1. The van der Waals surface area contributed by atoms with Gasteiger partial charge in [-0.15, -0.1) is 0 Å². The van der Waals surface area contributed by atoms with E-state index in [1.165, 1.54) is 6.08 Å². The van der Waals surface area contributed by atoms with Crippen molar-refractivity contribution in [1.82, 2.24) is 0 Å². The van der Waals surface area contributed by atoms with E-state index in [0.717, 1.165) is 33.3 Å². The molecule has 0 aliphatic rings. The number of halogens is 1. The van der Waals surface area contributed by atoms with Crippen LogP contribution < -0.4 is 14.8 Å². The molecule has 154 valence electrons. The molecule has 0 aliphatic carbocycles. The van der Waals surface area contributed by atoms with Gasteiger partial charge in [0.15, 0.2) is 11.5 Å². The van der Waals surface area contributed by atoms with Crippen LogP contribution in [0.3, 0.4) is 0 Å². The summed E-state index contributed by atoms with van der Waals surface area (Å²) in [5.41, 5.74) is 3.82. The van der Waals surface area contributed by atoms with Gasteiger partial charge < -0.3 is 14.8 Å². The van der Waals surface area contributed by atoms with Crippen LogP contribution in [0.1, 0.15) is 23.6 Å². The first-order chi connectivity index (χ1) is 14.6. The molecule has 0 fully saturated rings. The van der Waals surface area contributed by atoms with E-state index in [4.69, 9.17) is 9.47 Å². The van der Waals surface area contributed by atoms with E-state index in [-0.39, 0.29) is 5.91 Å². The fourth-order valence-electron chi connectivity index (χ4n) is 3.00. The van der Waals surface area contributed by atoms with Gasteiger partial charge in [0.1, 0.15) is 6.61 Å². The van der Waals surface area contributed by atoms with Crippen molar-refractivity contribution in [3.05, 3.63) is 94.0 Å².